The SMILES string of the molecule is COC(=O)C1CCN(Cc2cccc([N+](=O)[O-])c2)C1. The molecule has 1 saturated heterocycles. The highest BCUT2D eigenvalue weighted by molar-refractivity contribution is 5.72. The van der Waals surface area contributed by atoms with Gasteiger partial charge in [-0.3, -0.25) is 19.8 Å². The van der Waals surface area contributed by atoms with E-state index in [0.29, 0.717) is 13.1 Å². The van der Waals surface area contributed by atoms with E-state index in [2.05, 4.69) is 4.90 Å². The van der Waals surface area contributed by atoms with Gasteiger partial charge in [-0.2, -0.15) is 0 Å². The van der Waals surface area contributed by atoms with Crippen LogP contribution in [-0.2, 0) is 16.1 Å². The zero-order valence-corrected chi connectivity index (χ0v) is 10.7. The van der Waals surface area contributed by atoms with Crippen LogP contribution in [0.25, 0.3) is 0 Å². The third-order valence-electron chi connectivity index (χ3n) is 3.33. The fourth-order valence-electron chi connectivity index (χ4n) is 2.36. The van der Waals surface area contributed by atoms with E-state index in [-0.39, 0.29) is 17.6 Å². The Morgan fingerprint density at radius 1 is 1.58 bits per heavy atom. The van der Waals surface area contributed by atoms with Crippen LogP contribution in [-0.4, -0.2) is 36.0 Å². The van der Waals surface area contributed by atoms with Crippen molar-refractivity contribution in [3.8, 4) is 0 Å². The molecule has 1 unspecified atom stereocenters. The number of nitro benzene ring substituents is 1. The number of methoxy groups -OCH3 is 1. The van der Waals surface area contributed by atoms with Gasteiger partial charge in [0.2, 0.25) is 0 Å². The molecule has 0 bridgehead atoms. The maximum absolute atomic E-state index is 11.4. The van der Waals surface area contributed by atoms with Crippen molar-refractivity contribution in [1.82, 2.24) is 4.90 Å². The Bertz CT molecular complexity index is 489. The molecule has 0 saturated carbocycles. The number of hydrogen-bond acceptors (Lipinski definition) is 5. The molecular formula is C13H16N2O4. The normalized spacial score (nSPS) is 19.3. The largest absolute Gasteiger partial charge is 0.469 e. The first-order valence-electron chi connectivity index (χ1n) is 6.13. The molecule has 2 rings (SSSR count). The Kier molecular flexibility index (Phi) is 4.11. The van der Waals surface area contributed by atoms with E-state index in [9.17, 15) is 14.9 Å². The van der Waals surface area contributed by atoms with Crippen LogP contribution in [0.4, 0.5) is 5.69 Å². The Morgan fingerprint density at radius 3 is 3.05 bits per heavy atom. The molecule has 0 aromatic heterocycles. The average Bonchev–Trinajstić information content (AvgIpc) is 2.86. The van der Waals surface area contributed by atoms with Gasteiger partial charge in [-0.15, -0.1) is 0 Å². The van der Waals surface area contributed by atoms with Gasteiger partial charge in [0.15, 0.2) is 0 Å². The highest BCUT2D eigenvalue weighted by atomic mass is 16.6. The van der Waals surface area contributed by atoms with Crippen LogP contribution in [0.3, 0.4) is 0 Å². The molecular weight excluding hydrogens is 248 g/mol. The van der Waals surface area contributed by atoms with Crippen LogP contribution < -0.4 is 0 Å². The zero-order valence-electron chi connectivity index (χ0n) is 10.7. The summed E-state index contributed by atoms with van der Waals surface area (Å²) in [6.07, 6.45) is 0.779. The Morgan fingerprint density at radius 2 is 2.37 bits per heavy atom. The predicted molar refractivity (Wildman–Crippen MR) is 68.5 cm³/mol. The second-order valence-corrected chi connectivity index (χ2v) is 4.67. The molecule has 1 aromatic rings. The van der Waals surface area contributed by atoms with Crippen molar-refractivity contribution in [2.24, 2.45) is 5.92 Å². The van der Waals surface area contributed by atoms with E-state index in [4.69, 9.17) is 4.74 Å². The number of likely N-dealkylation sites (tertiary alicyclic amines) is 1. The average molecular weight is 264 g/mol. The number of nitro groups is 1. The van der Waals surface area contributed by atoms with Crippen LogP contribution in [0.5, 0.6) is 0 Å². The topological polar surface area (TPSA) is 72.7 Å². The molecule has 0 amide bonds. The minimum atomic E-state index is -0.398. The first kappa shape index (κ1) is 13.5. The van der Waals surface area contributed by atoms with E-state index in [0.717, 1.165) is 18.5 Å². The van der Waals surface area contributed by atoms with Gasteiger partial charge in [-0.25, -0.2) is 0 Å². The number of non-ortho nitro benzene ring substituents is 1. The van der Waals surface area contributed by atoms with E-state index in [1.54, 1.807) is 12.1 Å². The molecule has 19 heavy (non-hydrogen) atoms. The number of esters is 1. The van der Waals surface area contributed by atoms with Crippen molar-refractivity contribution in [2.45, 2.75) is 13.0 Å². The number of carbonyl (C=O) groups is 1. The van der Waals surface area contributed by atoms with E-state index >= 15 is 0 Å². The standard InChI is InChI=1S/C13H16N2O4/c1-19-13(16)11-5-6-14(9-11)8-10-3-2-4-12(7-10)15(17)18/h2-4,7,11H,5-6,8-9H2,1H3. The summed E-state index contributed by atoms with van der Waals surface area (Å²) in [6, 6.07) is 6.59. The maximum atomic E-state index is 11.4. The quantitative estimate of drug-likeness (QED) is 0.469. The van der Waals surface area contributed by atoms with Gasteiger partial charge in [0.05, 0.1) is 18.0 Å². The minimum Gasteiger partial charge on any atom is -0.469 e. The molecule has 6 heteroatoms. The van der Waals surface area contributed by atoms with Gasteiger partial charge in [0.25, 0.3) is 5.69 Å². The Balaban J connectivity index is 1.97. The molecule has 1 heterocycles. The van der Waals surface area contributed by atoms with Crippen LogP contribution in [0.2, 0.25) is 0 Å². The second-order valence-electron chi connectivity index (χ2n) is 4.67. The number of benzene rings is 1. The van der Waals surface area contributed by atoms with E-state index in [1.807, 2.05) is 6.07 Å². The van der Waals surface area contributed by atoms with Gasteiger partial charge >= 0.3 is 5.97 Å². The highest BCUT2D eigenvalue weighted by Gasteiger charge is 2.28. The molecule has 102 valence electrons. The molecule has 1 fully saturated rings. The number of ether oxygens (including phenoxy) is 1. The summed E-state index contributed by atoms with van der Waals surface area (Å²) in [5, 5.41) is 10.7. The fraction of sp³-hybridized carbons (Fsp3) is 0.462. The molecule has 1 atom stereocenters. The summed E-state index contributed by atoms with van der Waals surface area (Å²) in [6.45, 7) is 2.08. The maximum Gasteiger partial charge on any atom is 0.310 e. The molecule has 0 radical (unpaired) electrons. The summed E-state index contributed by atoms with van der Waals surface area (Å²) in [4.78, 5) is 23.8. The molecule has 0 aliphatic carbocycles. The first-order valence-corrected chi connectivity index (χ1v) is 6.13. The predicted octanol–water partition coefficient (Wildman–Crippen LogP) is 1.59. The van der Waals surface area contributed by atoms with Crippen LogP contribution >= 0.6 is 0 Å². The van der Waals surface area contributed by atoms with Crippen LogP contribution in [0, 0.1) is 16.0 Å². The smallest absolute Gasteiger partial charge is 0.310 e. The van der Waals surface area contributed by atoms with Gasteiger partial charge in [-0.1, -0.05) is 12.1 Å². The minimum absolute atomic E-state index is 0.0799. The second kappa shape index (κ2) is 5.79. The van der Waals surface area contributed by atoms with Crippen molar-refractivity contribution in [3.05, 3.63) is 39.9 Å². The highest BCUT2D eigenvalue weighted by Crippen LogP contribution is 2.21. The van der Waals surface area contributed by atoms with E-state index in [1.165, 1.54) is 13.2 Å². The van der Waals surface area contributed by atoms with E-state index < -0.39 is 4.92 Å². The van der Waals surface area contributed by atoms with Crippen LogP contribution in [0.1, 0.15) is 12.0 Å². The van der Waals surface area contributed by atoms with Crippen molar-refractivity contribution >= 4 is 11.7 Å². The number of rotatable bonds is 4. The summed E-state index contributed by atoms with van der Waals surface area (Å²) < 4.78 is 4.73. The van der Waals surface area contributed by atoms with Gasteiger partial charge < -0.3 is 4.74 Å². The third kappa shape index (κ3) is 3.29. The summed E-state index contributed by atoms with van der Waals surface area (Å²) >= 11 is 0. The first-order chi connectivity index (χ1) is 9.10. The lowest BCUT2D eigenvalue weighted by atomic mass is 10.1. The molecule has 1 aliphatic rings. The molecule has 1 aromatic carbocycles. The lowest BCUT2D eigenvalue weighted by molar-refractivity contribution is -0.384. The molecule has 0 spiro atoms. The van der Waals surface area contributed by atoms with Crippen molar-refractivity contribution in [2.75, 3.05) is 20.2 Å². The Hall–Kier alpha value is -1.95. The lowest BCUT2D eigenvalue weighted by Gasteiger charge is -2.15. The number of nitrogens with zero attached hydrogens (tertiary/aromatic N) is 2. The molecule has 0 N–H and O–H groups in total. The van der Waals surface area contributed by atoms with Gasteiger partial charge in [-0.05, 0) is 18.5 Å². The van der Waals surface area contributed by atoms with Crippen LogP contribution in [0.15, 0.2) is 24.3 Å². The monoisotopic (exact) mass is 264 g/mol. The van der Waals surface area contributed by atoms with Gasteiger partial charge in [0.1, 0.15) is 0 Å². The summed E-state index contributed by atoms with van der Waals surface area (Å²) in [5.74, 6) is -0.259. The fourth-order valence-corrected chi connectivity index (χ4v) is 2.36. The molecule has 6 nitrogen and oxygen atoms in total. The lowest BCUT2D eigenvalue weighted by Crippen LogP contribution is -2.23. The number of hydrogen-bond donors (Lipinski definition) is 0. The van der Waals surface area contributed by atoms with Crippen molar-refractivity contribution in [3.63, 3.8) is 0 Å². The summed E-state index contributed by atoms with van der Waals surface area (Å²) in [7, 11) is 1.39. The van der Waals surface area contributed by atoms with Crippen molar-refractivity contribution in [1.29, 1.82) is 0 Å². The van der Waals surface area contributed by atoms with Crippen molar-refractivity contribution < 1.29 is 14.5 Å². The Labute approximate surface area is 111 Å². The van der Waals surface area contributed by atoms with Gasteiger partial charge in [0, 0.05) is 25.2 Å². The summed E-state index contributed by atoms with van der Waals surface area (Å²) in [5.41, 5.74) is 0.987. The third-order valence-corrected chi connectivity index (χ3v) is 3.33. The molecule has 1 aliphatic heterocycles. The number of carbonyl (C=O) groups excluding carboxylic acids is 1. The zero-order chi connectivity index (χ0) is 13.8.